The van der Waals surface area contributed by atoms with Gasteiger partial charge in [-0.3, -0.25) is 4.57 Å². The SMILES string of the molecule is CCOP(=O)(OCC)C(C#N)CC(C)=CCc1c(O)c2c(c(C)c1OC)COC2=O. The number of allylic oxidation sites excluding steroid dienone is 2. The molecule has 8 nitrogen and oxygen atoms in total. The third-order valence-corrected chi connectivity index (χ3v) is 7.26. The van der Waals surface area contributed by atoms with Gasteiger partial charge in [0.2, 0.25) is 0 Å². The molecule has 0 amide bonds. The van der Waals surface area contributed by atoms with Crippen molar-refractivity contribution >= 4 is 13.6 Å². The van der Waals surface area contributed by atoms with E-state index in [1.165, 1.54) is 7.11 Å². The van der Waals surface area contributed by atoms with Gasteiger partial charge in [0.25, 0.3) is 0 Å². The number of nitriles is 1. The molecule has 164 valence electrons. The van der Waals surface area contributed by atoms with Gasteiger partial charge < -0.3 is 23.6 Å². The van der Waals surface area contributed by atoms with E-state index in [-0.39, 0.29) is 44.0 Å². The van der Waals surface area contributed by atoms with Crippen molar-refractivity contribution in [3.05, 3.63) is 33.9 Å². The predicted molar refractivity (Wildman–Crippen MR) is 111 cm³/mol. The van der Waals surface area contributed by atoms with Gasteiger partial charge in [-0.05, 0) is 46.1 Å². The molecule has 1 unspecified atom stereocenters. The number of phenols is 1. The Morgan fingerprint density at radius 3 is 2.53 bits per heavy atom. The van der Waals surface area contributed by atoms with E-state index >= 15 is 0 Å². The molecule has 0 fully saturated rings. The minimum absolute atomic E-state index is 0.104. The Morgan fingerprint density at radius 2 is 2.00 bits per heavy atom. The number of hydrogen-bond acceptors (Lipinski definition) is 8. The summed E-state index contributed by atoms with van der Waals surface area (Å²) in [6.45, 7) is 7.45. The quantitative estimate of drug-likeness (QED) is 0.325. The number of methoxy groups -OCH3 is 1. The molecule has 1 aromatic rings. The Balaban J connectivity index is 2.32. The summed E-state index contributed by atoms with van der Waals surface area (Å²) in [5.74, 6) is -0.237. The maximum atomic E-state index is 12.9. The van der Waals surface area contributed by atoms with Gasteiger partial charge in [0.1, 0.15) is 23.7 Å². The molecular weight excluding hydrogens is 409 g/mol. The molecule has 30 heavy (non-hydrogen) atoms. The van der Waals surface area contributed by atoms with Gasteiger partial charge in [-0.1, -0.05) is 11.6 Å². The van der Waals surface area contributed by atoms with Crippen LogP contribution in [-0.2, 0) is 31.4 Å². The van der Waals surface area contributed by atoms with Crippen LogP contribution in [0, 0.1) is 18.3 Å². The fourth-order valence-corrected chi connectivity index (χ4v) is 5.31. The van der Waals surface area contributed by atoms with E-state index in [1.807, 2.05) is 13.0 Å². The van der Waals surface area contributed by atoms with Gasteiger partial charge in [0.05, 0.1) is 26.4 Å². The van der Waals surface area contributed by atoms with E-state index in [1.54, 1.807) is 26.8 Å². The van der Waals surface area contributed by atoms with Crippen molar-refractivity contribution < 1.29 is 33.0 Å². The summed E-state index contributed by atoms with van der Waals surface area (Å²) >= 11 is 0. The number of carbonyl (C=O) groups is 1. The zero-order chi connectivity index (χ0) is 22.5. The second kappa shape index (κ2) is 10.1. The smallest absolute Gasteiger partial charge is 0.348 e. The molecule has 1 aliphatic rings. The zero-order valence-electron chi connectivity index (χ0n) is 18.0. The van der Waals surface area contributed by atoms with Gasteiger partial charge in [-0.25, -0.2) is 4.79 Å². The number of nitrogens with zero attached hydrogens (tertiary/aromatic N) is 1. The molecule has 0 saturated heterocycles. The van der Waals surface area contributed by atoms with Crippen molar-refractivity contribution in [2.24, 2.45) is 0 Å². The number of rotatable bonds is 10. The number of ether oxygens (including phenoxy) is 2. The first-order valence-corrected chi connectivity index (χ1v) is 11.4. The molecule has 2 rings (SSSR count). The van der Waals surface area contributed by atoms with Gasteiger partial charge in [0.15, 0.2) is 5.66 Å². The molecule has 1 atom stereocenters. The molecule has 0 radical (unpaired) electrons. The van der Waals surface area contributed by atoms with E-state index < -0.39 is 19.2 Å². The summed E-state index contributed by atoms with van der Waals surface area (Å²) in [4.78, 5) is 12.0. The van der Waals surface area contributed by atoms with E-state index in [4.69, 9.17) is 18.5 Å². The van der Waals surface area contributed by atoms with Crippen LogP contribution in [0.1, 0.15) is 54.2 Å². The van der Waals surface area contributed by atoms with Crippen LogP contribution in [0.3, 0.4) is 0 Å². The Bertz CT molecular complexity index is 923. The Kier molecular flexibility index (Phi) is 8.08. The summed E-state index contributed by atoms with van der Waals surface area (Å²) in [5.41, 5.74) is 1.81. The summed E-state index contributed by atoms with van der Waals surface area (Å²) in [7, 11) is -2.07. The number of fused-ring (bicyclic) bond motifs is 1. The average Bonchev–Trinajstić information content (AvgIpc) is 3.10. The average molecular weight is 437 g/mol. The van der Waals surface area contributed by atoms with Crippen LogP contribution in [0.5, 0.6) is 11.5 Å². The summed E-state index contributed by atoms with van der Waals surface area (Å²) < 4.78 is 34.0. The first-order chi connectivity index (χ1) is 14.2. The first-order valence-electron chi connectivity index (χ1n) is 9.76. The minimum atomic E-state index is -3.57. The van der Waals surface area contributed by atoms with Crippen molar-refractivity contribution in [2.75, 3.05) is 20.3 Å². The fourth-order valence-electron chi connectivity index (χ4n) is 3.50. The van der Waals surface area contributed by atoms with Crippen LogP contribution >= 0.6 is 7.60 Å². The number of hydrogen-bond donors (Lipinski definition) is 1. The summed E-state index contributed by atoms with van der Waals surface area (Å²) in [6, 6.07) is 2.03. The van der Waals surface area contributed by atoms with Crippen LogP contribution in [0.4, 0.5) is 0 Å². The van der Waals surface area contributed by atoms with Gasteiger partial charge >= 0.3 is 13.6 Å². The van der Waals surface area contributed by atoms with Crippen LogP contribution in [-0.4, -0.2) is 37.1 Å². The lowest BCUT2D eigenvalue weighted by molar-refractivity contribution is 0.0533. The monoisotopic (exact) mass is 437 g/mol. The second-order valence-corrected chi connectivity index (χ2v) is 9.11. The number of aromatic hydroxyl groups is 1. The number of esters is 1. The van der Waals surface area contributed by atoms with Gasteiger partial charge in [-0.2, -0.15) is 5.26 Å². The third kappa shape index (κ3) is 4.70. The molecule has 1 heterocycles. The molecule has 9 heteroatoms. The van der Waals surface area contributed by atoms with Gasteiger partial charge in [0, 0.05) is 11.1 Å². The molecule has 0 spiro atoms. The van der Waals surface area contributed by atoms with Crippen molar-refractivity contribution in [1.82, 2.24) is 0 Å². The maximum absolute atomic E-state index is 12.9. The Labute approximate surface area is 176 Å². The van der Waals surface area contributed by atoms with Crippen LogP contribution in [0.2, 0.25) is 0 Å². The highest BCUT2D eigenvalue weighted by molar-refractivity contribution is 7.55. The highest BCUT2D eigenvalue weighted by Gasteiger charge is 2.36. The lowest BCUT2D eigenvalue weighted by atomic mass is 9.94. The third-order valence-electron chi connectivity index (χ3n) is 4.97. The van der Waals surface area contributed by atoms with E-state index in [2.05, 4.69) is 0 Å². The lowest BCUT2D eigenvalue weighted by Gasteiger charge is -2.21. The number of benzene rings is 1. The number of carbonyl (C=O) groups excluding carboxylic acids is 1. The molecular formula is C21H28NO7P. The molecule has 1 aliphatic heterocycles. The number of phenolic OH excluding ortho intramolecular Hbond substituents is 1. The van der Waals surface area contributed by atoms with Crippen molar-refractivity contribution in [1.29, 1.82) is 5.26 Å². The molecule has 1 aromatic carbocycles. The maximum Gasteiger partial charge on any atom is 0.348 e. The Hall–Kier alpha value is -2.33. The molecule has 0 saturated carbocycles. The van der Waals surface area contributed by atoms with E-state index in [0.29, 0.717) is 16.9 Å². The van der Waals surface area contributed by atoms with Crippen LogP contribution < -0.4 is 4.74 Å². The van der Waals surface area contributed by atoms with Crippen LogP contribution in [0.25, 0.3) is 0 Å². The lowest BCUT2D eigenvalue weighted by Crippen LogP contribution is -2.12. The standard InChI is InChI=1S/C21H28NO7P/c1-6-28-30(25,29-7-2)15(11-22)10-13(3)8-9-16-19(23)18-17(12-27-21(18)24)14(4)20(16)26-5/h8,15,23H,6-7,9-10,12H2,1-5H3. The molecule has 0 aromatic heterocycles. The topological polar surface area (TPSA) is 115 Å². The largest absolute Gasteiger partial charge is 0.507 e. The van der Waals surface area contributed by atoms with E-state index in [0.717, 1.165) is 11.1 Å². The van der Waals surface area contributed by atoms with Gasteiger partial charge in [-0.15, -0.1) is 0 Å². The van der Waals surface area contributed by atoms with Crippen LogP contribution in [0.15, 0.2) is 11.6 Å². The van der Waals surface area contributed by atoms with Crippen molar-refractivity contribution in [3.8, 4) is 17.6 Å². The molecule has 1 N–H and O–H groups in total. The molecule has 0 bridgehead atoms. The zero-order valence-corrected chi connectivity index (χ0v) is 18.9. The highest BCUT2D eigenvalue weighted by Crippen LogP contribution is 2.54. The van der Waals surface area contributed by atoms with Crippen molar-refractivity contribution in [2.45, 2.75) is 52.8 Å². The fraction of sp³-hybridized carbons (Fsp3) is 0.524. The highest BCUT2D eigenvalue weighted by atomic mass is 31.2. The summed E-state index contributed by atoms with van der Waals surface area (Å²) in [6.07, 6.45) is 2.24. The Morgan fingerprint density at radius 1 is 1.37 bits per heavy atom. The van der Waals surface area contributed by atoms with Crippen molar-refractivity contribution in [3.63, 3.8) is 0 Å². The molecule has 0 aliphatic carbocycles. The minimum Gasteiger partial charge on any atom is -0.507 e. The number of cyclic esters (lactones) is 1. The van der Waals surface area contributed by atoms with E-state index in [9.17, 15) is 19.7 Å². The predicted octanol–water partition coefficient (Wildman–Crippen LogP) is 4.42. The normalized spacial score (nSPS) is 14.8. The first kappa shape index (κ1) is 23.9. The summed E-state index contributed by atoms with van der Waals surface area (Å²) in [5, 5.41) is 20.2. The second-order valence-electron chi connectivity index (χ2n) is 6.89.